The van der Waals surface area contributed by atoms with Crippen LogP contribution in [-0.4, -0.2) is 33.8 Å². The number of aliphatic hydroxyl groups excluding tert-OH is 1. The number of urea groups is 1. The van der Waals surface area contributed by atoms with E-state index in [0.717, 1.165) is 41.7 Å². The number of aromatic nitrogens is 2. The summed E-state index contributed by atoms with van der Waals surface area (Å²) in [6.45, 7) is 4.49. The molecule has 1 aromatic carbocycles. The molecule has 124 valence electrons. The van der Waals surface area contributed by atoms with Gasteiger partial charge in [-0.2, -0.15) is 0 Å². The van der Waals surface area contributed by atoms with Gasteiger partial charge in [0.2, 0.25) is 0 Å². The van der Waals surface area contributed by atoms with Crippen LogP contribution in [0.1, 0.15) is 37.6 Å². The highest BCUT2D eigenvalue weighted by molar-refractivity contribution is 5.79. The van der Waals surface area contributed by atoms with E-state index in [1.54, 1.807) is 0 Å². The lowest BCUT2D eigenvalue weighted by Crippen LogP contribution is -2.48. The van der Waals surface area contributed by atoms with Crippen LogP contribution in [0.2, 0.25) is 0 Å². The second kappa shape index (κ2) is 6.20. The smallest absolute Gasteiger partial charge is 0.315 e. The van der Waals surface area contributed by atoms with Gasteiger partial charge in [0.25, 0.3) is 0 Å². The molecular weight excluding hydrogens is 292 g/mol. The number of amides is 2. The molecule has 1 fully saturated rings. The van der Waals surface area contributed by atoms with Crippen molar-refractivity contribution in [1.29, 1.82) is 0 Å². The highest BCUT2D eigenvalue weighted by atomic mass is 16.3. The van der Waals surface area contributed by atoms with Crippen molar-refractivity contribution in [1.82, 2.24) is 20.6 Å². The number of benzene rings is 1. The number of fused-ring (bicyclic) bond motifs is 1. The third-order valence-corrected chi connectivity index (χ3v) is 4.93. The van der Waals surface area contributed by atoms with E-state index in [0.29, 0.717) is 6.54 Å². The number of nitrogens with one attached hydrogen (secondary N) is 3. The summed E-state index contributed by atoms with van der Waals surface area (Å²) in [6.07, 6.45) is 2.89. The van der Waals surface area contributed by atoms with Gasteiger partial charge in [-0.15, -0.1) is 0 Å². The van der Waals surface area contributed by atoms with Gasteiger partial charge < -0.3 is 20.7 Å². The number of aromatic amines is 1. The zero-order valence-electron chi connectivity index (χ0n) is 13.6. The Bertz CT molecular complexity index is 712. The van der Waals surface area contributed by atoms with E-state index in [2.05, 4.69) is 20.6 Å². The molecule has 2 amide bonds. The molecule has 1 saturated carbocycles. The molecule has 0 saturated heterocycles. The van der Waals surface area contributed by atoms with Gasteiger partial charge in [-0.1, -0.05) is 25.5 Å². The van der Waals surface area contributed by atoms with E-state index < -0.39 is 0 Å². The highest BCUT2D eigenvalue weighted by Gasteiger charge is 2.39. The Labute approximate surface area is 135 Å². The fraction of sp³-hybridized carbons (Fsp3) is 0.529. The molecule has 6 nitrogen and oxygen atoms in total. The van der Waals surface area contributed by atoms with Gasteiger partial charge in [0.1, 0.15) is 5.82 Å². The zero-order chi connectivity index (χ0) is 16.4. The Hall–Kier alpha value is -2.08. The fourth-order valence-electron chi connectivity index (χ4n) is 3.35. The minimum atomic E-state index is -0.214. The summed E-state index contributed by atoms with van der Waals surface area (Å²) >= 11 is 0. The van der Waals surface area contributed by atoms with Crippen LogP contribution in [0, 0.1) is 12.3 Å². The fourth-order valence-corrected chi connectivity index (χ4v) is 3.35. The number of hydrogen-bond acceptors (Lipinski definition) is 3. The molecule has 2 aromatic rings. The van der Waals surface area contributed by atoms with Gasteiger partial charge in [0.15, 0.2) is 0 Å². The van der Waals surface area contributed by atoms with E-state index in [-0.39, 0.29) is 24.1 Å². The van der Waals surface area contributed by atoms with Gasteiger partial charge in [0, 0.05) is 11.5 Å². The van der Waals surface area contributed by atoms with Crippen LogP contribution in [0.5, 0.6) is 0 Å². The molecule has 3 rings (SSSR count). The average molecular weight is 316 g/mol. The molecule has 0 spiro atoms. The molecule has 1 aliphatic carbocycles. The van der Waals surface area contributed by atoms with Crippen molar-refractivity contribution in [2.75, 3.05) is 6.61 Å². The first-order valence-electron chi connectivity index (χ1n) is 8.11. The van der Waals surface area contributed by atoms with Crippen LogP contribution in [-0.2, 0) is 6.54 Å². The number of aryl methyl sites for hydroxylation is 1. The van der Waals surface area contributed by atoms with E-state index >= 15 is 0 Å². The number of nitrogens with zero attached hydrogens (tertiary/aromatic N) is 1. The van der Waals surface area contributed by atoms with Crippen LogP contribution in [0.4, 0.5) is 4.79 Å². The molecule has 0 radical (unpaired) electrons. The predicted molar refractivity (Wildman–Crippen MR) is 89.0 cm³/mol. The Morgan fingerprint density at radius 3 is 3.09 bits per heavy atom. The maximum Gasteiger partial charge on any atom is 0.315 e. The van der Waals surface area contributed by atoms with Crippen molar-refractivity contribution in [3.05, 3.63) is 29.6 Å². The quantitative estimate of drug-likeness (QED) is 0.697. The highest BCUT2D eigenvalue weighted by Crippen LogP contribution is 2.37. The SMILES string of the molecule is Cc1cccc2[nH]c(CNC(=O)NC3CCCC3(C)CO)nc12. The topological polar surface area (TPSA) is 90.0 Å². The lowest BCUT2D eigenvalue weighted by Gasteiger charge is -2.30. The summed E-state index contributed by atoms with van der Waals surface area (Å²) in [7, 11) is 0. The standard InChI is InChI=1S/C17H24N4O2/c1-11-5-3-6-12-15(11)21-14(19-12)9-18-16(23)20-13-7-4-8-17(13,2)10-22/h3,5-6,13,22H,4,7-10H2,1-2H3,(H,19,21)(H2,18,20,23). The summed E-state index contributed by atoms with van der Waals surface area (Å²) in [5, 5.41) is 15.4. The van der Waals surface area contributed by atoms with Gasteiger partial charge in [-0.25, -0.2) is 9.78 Å². The number of H-pyrrole nitrogens is 1. The Morgan fingerprint density at radius 2 is 2.35 bits per heavy atom. The molecule has 23 heavy (non-hydrogen) atoms. The molecule has 2 atom stereocenters. The van der Waals surface area contributed by atoms with E-state index in [1.165, 1.54) is 0 Å². The lowest BCUT2D eigenvalue weighted by molar-refractivity contribution is 0.121. The Kier molecular flexibility index (Phi) is 4.26. The molecule has 1 aromatic heterocycles. The second-order valence-electron chi connectivity index (χ2n) is 6.74. The van der Waals surface area contributed by atoms with E-state index in [9.17, 15) is 9.90 Å². The first-order chi connectivity index (χ1) is 11.0. The molecule has 1 aliphatic rings. The van der Waals surface area contributed by atoms with Crippen molar-refractivity contribution < 1.29 is 9.90 Å². The largest absolute Gasteiger partial charge is 0.396 e. The van der Waals surface area contributed by atoms with Crippen LogP contribution < -0.4 is 10.6 Å². The van der Waals surface area contributed by atoms with Crippen molar-refractivity contribution in [3.63, 3.8) is 0 Å². The maximum atomic E-state index is 12.1. The molecule has 0 aliphatic heterocycles. The first-order valence-corrected chi connectivity index (χ1v) is 8.11. The van der Waals surface area contributed by atoms with Crippen molar-refractivity contribution in [2.24, 2.45) is 5.41 Å². The van der Waals surface area contributed by atoms with Gasteiger partial charge >= 0.3 is 6.03 Å². The molecule has 0 bridgehead atoms. The van der Waals surface area contributed by atoms with Crippen LogP contribution >= 0.6 is 0 Å². The van der Waals surface area contributed by atoms with E-state index in [4.69, 9.17) is 0 Å². The van der Waals surface area contributed by atoms with Crippen molar-refractivity contribution >= 4 is 17.1 Å². The number of hydrogen-bond donors (Lipinski definition) is 4. The minimum Gasteiger partial charge on any atom is -0.396 e. The van der Waals surface area contributed by atoms with Gasteiger partial charge in [-0.3, -0.25) is 0 Å². The predicted octanol–water partition coefficient (Wildman–Crippen LogP) is 2.22. The number of aliphatic hydroxyl groups is 1. The van der Waals surface area contributed by atoms with Gasteiger partial charge in [-0.05, 0) is 31.4 Å². The average Bonchev–Trinajstić information content (AvgIpc) is 3.11. The first kappa shape index (κ1) is 15.8. The number of imidazole rings is 1. The monoisotopic (exact) mass is 316 g/mol. The molecule has 1 heterocycles. The number of carbonyl (C=O) groups is 1. The van der Waals surface area contributed by atoms with Crippen LogP contribution in [0.25, 0.3) is 11.0 Å². The Balaban J connectivity index is 1.59. The molecule has 6 heteroatoms. The van der Waals surface area contributed by atoms with Crippen LogP contribution in [0.3, 0.4) is 0 Å². The number of rotatable bonds is 4. The van der Waals surface area contributed by atoms with E-state index in [1.807, 2.05) is 32.0 Å². The second-order valence-corrected chi connectivity index (χ2v) is 6.74. The summed E-state index contributed by atoms with van der Waals surface area (Å²) in [5.74, 6) is 0.737. The summed E-state index contributed by atoms with van der Waals surface area (Å²) in [6, 6.07) is 5.78. The molecule has 2 unspecified atom stereocenters. The number of para-hydroxylation sites is 1. The van der Waals surface area contributed by atoms with Crippen molar-refractivity contribution in [3.8, 4) is 0 Å². The lowest BCUT2D eigenvalue weighted by atomic mass is 9.86. The van der Waals surface area contributed by atoms with Crippen molar-refractivity contribution in [2.45, 2.75) is 45.7 Å². The zero-order valence-corrected chi connectivity index (χ0v) is 13.6. The third kappa shape index (κ3) is 3.17. The normalized spacial score (nSPS) is 24.0. The summed E-state index contributed by atoms with van der Waals surface area (Å²) in [5.41, 5.74) is 2.81. The molecule has 4 N–H and O–H groups in total. The maximum absolute atomic E-state index is 12.1. The van der Waals surface area contributed by atoms with Gasteiger partial charge in [0.05, 0.1) is 24.2 Å². The third-order valence-electron chi connectivity index (χ3n) is 4.93. The Morgan fingerprint density at radius 1 is 1.52 bits per heavy atom. The number of carbonyl (C=O) groups excluding carboxylic acids is 1. The summed E-state index contributed by atoms with van der Waals surface area (Å²) in [4.78, 5) is 19.9. The summed E-state index contributed by atoms with van der Waals surface area (Å²) < 4.78 is 0. The molecular formula is C17H24N4O2. The van der Waals surface area contributed by atoms with Crippen LogP contribution in [0.15, 0.2) is 18.2 Å². The minimum absolute atomic E-state index is 0.0189.